The maximum Gasteiger partial charge on any atom is 0.291 e. The van der Waals surface area contributed by atoms with Crippen LogP contribution in [0.1, 0.15) is 25.6 Å². The molecule has 3 aromatic heterocycles. The zero-order valence-electron chi connectivity index (χ0n) is 12.0. The summed E-state index contributed by atoms with van der Waals surface area (Å²) in [6.07, 6.45) is 0. The number of hydrogen-bond donors (Lipinski definition) is 0. The van der Waals surface area contributed by atoms with E-state index >= 15 is 0 Å². The Morgan fingerprint density at radius 2 is 2.18 bits per heavy atom. The van der Waals surface area contributed by atoms with Crippen LogP contribution >= 0.6 is 22.9 Å². The van der Waals surface area contributed by atoms with Crippen molar-refractivity contribution >= 4 is 51.3 Å². The van der Waals surface area contributed by atoms with Gasteiger partial charge in [0.05, 0.1) is 14.6 Å². The molecule has 0 fully saturated rings. The van der Waals surface area contributed by atoms with Gasteiger partial charge in [-0.05, 0) is 18.9 Å². The first kappa shape index (κ1) is 14.9. The highest BCUT2D eigenvalue weighted by Gasteiger charge is 2.18. The lowest BCUT2D eigenvalue weighted by Gasteiger charge is -2.12. The summed E-state index contributed by atoms with van der Waals surface area (Å²) in [4.78, 5) is 27.3. The van der Waals surface area contributed by atoms with E-state index in [0.29, 0.717) is 15.7 Å². The van der Waals surface area contributed by atoms with Crippen LogP contribution in [0.2, 0.25) is 4.34 Å². The van der Waals surface area contributed by atoms with Gasteiger partial charge in [0.2, 0.25) is 0 Å². The average Bonchev–Trinajstić information content (AvgIpc) is 2.97. The Morgan fingerprint density at radius 3 is 2.82 bits per heavy atom. The van der Waals surface area contributed by atoms with Gasteiger partial charge in [0, 0.05) is 5.92 Å². The zero-order chi connectivity index (χ0) is 16.0. The molecule has 22 heavy (non-hydrogen) atoms. The Hall–Kier alpha value is -1.99. The van der Waals surface area contributed by atoms with Gasteiger partial charge in [-0.1, -0.05) is 25.4 Å². The minimum absolute atomic E-state index is 0.0652. The van der Waals surface area contributed by atoms with Crippen molar-refractivity contribution in [2.24, 2.45) is 4.99 Å². The smallest absolute Gasteiger partial charge is 0.290 e. The average molecular weight is 337 g/mol. The third kappa shape index (κ3) is 2.26. The molecule has 114 valence electrons. The number of hydrogen-bond acceptors (Lipinski definition) is 4. The second-order valence-corrected chi connectivity index (χ2v) is 6.91. The Morgan fingerprint density at radius 1 is 1.45 bits per heavy atom. The van der Waals surface area contributed by atoms with E-state index in [1.165, 1.54) is 11.3 Å². The molecule has 0 N–H and O–H groups in total. The minimum Gasteiger partial charge on any atom is -0.290 e. The summed E-state index contributed by atoms with van der Waals surface area (Å²) in [6.45, 7) is 6.92. The van der Waals surface area contributed by atoms with Gasteiger partial charge in [-0.3, -0.25) is 14.0 Å². The van der Waals surface area contributed by atoms with E-state index in [2.05, 4.69) is 16.8 Å². The molecule has 0 aliphatic carbocycles. The summed E-state index contributed by atoms with van der Waals surface area (Å²) in [5.41, 5.74) is 1.01. The van der Waals surface area contributed by atoms with E-state index in [9.17, 15) is 9.59 Å². The minimum atomic E-state index is -0.495. The van der Waals surface area contributed by atoms with Crippen LogP contribution in [0.3, 0.4) is 0 Å². The van der Waals surface area contributed by atoms with Crippen molar-refractivity contribution in [3.05, 3.63) is 32.6 Å². The van der Waals surface area contributed by atoms with Crippen molar-refractivity contribution in [3.8, 4) is 0 Å². The molecule has 3 heterocycles. The van der Waals surface area contributed by atoms with Crippen LogP contribution in [-0.2, 0) is 11.3 Å². The lowest BCUT2D eigenvalue weighted by atomic mass is 10.2. The van der Waals surface area contributed by atoms with Crippen LogP contribution in [0.5, 0.6) is 0 Å². The lowest BCUT2D eigenvalue weighted by Crippen LogP contribution is -2.29. The molecule has 0 aromatic carbocycles. The van der Waals surface area contributed by atoms with E-state index in [1.807, 2.05) is 24.3 Å². The maximum absolute atomic E-state index is 12.5. The lowest BCUT2D eigenvalue weighted by molar-refractivity contribution is -0.118. The molecule has 0 radical (unpaired) electrons. The third-order valence-corrected chi connectivity index (χ3v) is 4.54. The summed E-state index contributed by atoms with van der Waals surface area (Å²) < 4.78 is 4.53. The highest BCUT2D eigenvalue weighted by molar-refractivity contribution is 7.22. The van der Waals surface area contributed by atoms with Gasteiger partial charge in [0.15, 0.2) is 0 Å². The van der Waals surface area contributed by atoms with Crippen molar-refractivity contribution in [1.29, 1.82) is 0 Å². The fourth-order valence-electron chi connectivity index (χ4n) is 2.37. The number of fused-ring (bicyclic) bond motifs is 3. The van der Waals surface area contributed by atoms with Crippen molar-refractivity contribution in [3.63, 3.8) is 0 Å². The fraction of sp³-hybridized carbons (Fsp3) is 0.286. The Balaban J connectivity index is 2.38. The number of amides is 1. The molecule has 6 nitrogen and oxygen atoms in total. The quantitative estimate of drug-likeness (QED) is 0.690. The summed E-state index contributed by atoms with van der Waals surface area (Å²) in [5, 5.41) is 4.34. The summed E-state index contributed by atoms with van der Waals surface area (Å²) in [6, 6.07) is 3.60. The third-order valence-electron chi connectivity index (χ3n) is 3.34. The molecule has 0 saturated carbocycles. The Labute approximate surface area is 134 Å². The number of aromatic nitrogens is 3. The summed E-state index contributed by atoms with van der Waals surface area (Å²) >= 11 is 7.46. The van der Waals surface area contributed by atoms with Gasteiger partial charge >= 0.3 is 0 Å². The standard InChI is InChI=1S/C14H13ClN4O2S/c1-7(2)13-17-18(6-12(20)16-3)14(21)9-4-10-8(19(9)13)5-11(15)22-10/h4-5,7H,3,6H2,1-2H3. The molecule has 0 unspecified atom stereocenters. The number of carbonyl (C=O) groups is 1. The number of nitrogens with zero attached hydrogens (tertiary/aromatic N) is 4. The van der Waals surface area contributed by atoms with Crippen LogP contribution in [0, 0.1) is 0 Å². The topological polar surface area (TPSA) is 68.7 Å². The second-order valence-electron chi connectivity index (χ2n) is 5.19. The van der Waals surface area contributed by atoms with Crippen LogP contribution in [0.4, 0.5) is 0 Å². The van der Waals surface area contributed by atoms with Gasteiger partial charge < -0.3 is 0 Å². The zero-order valence-corrected chi connectivity index (χ0v) is 13.6. The highest BCUT2D eigenvalue weighted by Crippen LogP contribution is 2.32. The molecule has 0 spiro atoms. The van der Waals surface area contributed by atoms with Gasteiger partial charge in [-0.15, -0.1) is 11.3 Å². The van der Waals surface area contributed by atoms with E-state index in [0.717, 1.165) is 14.9 Å². The summed E-state index contributed by atoms with van der Waals surface area (Å²) in [7, 11) is 0. The van der Waals surface area contributed by atoms with E-state index < -0.39 is 5.91 Å². The van der Waals surface area contributed by atoms with Crippen LogP contribution in [0.25, 0.3) is 15.7 Å². The molecule has 3 aromatic rings. The molecule has 0 bridgehead atoms. The normalized spacial score (nSPS) is 11.6. The molecule has 1 amide bonds. The molecule has 3 rings (SSSR count). The van der Waals surface area contributed by atoms with Gasteiger partial charge in [-0.25, -0.2) is 9.67 Å². The van der Waals surface area contributed by atoms with Crippen molar-refractivity contribution in [2.45, 2.75) is 26.3 Å². The van der Waals surface area contributed by atoms with E-state index in [-0.39, 0.29) is 18.0 Å². The van der Waals surface area contributed by atoms with Crippen LogP contribution in [0.15, 0.2) is 21.9 Å². The predicted octanol–water partition coefficient (Wildman–Crippen LogP) is 2.71. The van der Waals surface area contributed by atoms with Crippen LogP contribution in [-0.4, -0.2) is 26.8 Å². The number of carbonyl (C=O) groups excluding carboxylic acids is 1. The monoisotopic (exact) mass is 336 g/mol. The molecule has 8 heteroatoms. The first-order valence-electron chi connectivity index (χ1n) is 6.63. The van der Waals surface area contributed by atoms with Gasteiger partial charge in [-0.2, -0.15) is 5.10 Å². The first-order valence-corrected chi connectivity index (χ1v) is 7.83. The molecule has 0 aliphatic rings. The highest BCUT2D eigenvalue weighted by atomic mass is 35.5. The molecular formula is C14H13ClN4O2S. The van der Waals surface area contributed by atoms with Crippen LogP contribution < -0.4 is 5.56 Å². The fourth-order valence-corrected chi connectivity index (χ4v) is 3.53. The maximum atomic E-state index is 12.5. The van der Waals surface area contributed by atoms with Crippen molar-refractivity contribution < 1.29 is 4.79 Å². The SMILES string of the molecule is C=NC(=O)Cn1nc(C(C)C)n2c(cc3sc(Cl)cc32)c1=O. The summed E-state index contributed by atoms with van der Waals surface area (Å²) in [5.74, 6) is 0.261. The van der Waals surface area contributed by atoms with Crippen molar-refractivity contribution in [2.75, 3.05) is 0 Å². The molecule has 0 saturated heterocycles. The number of thiophene rings is 1. The largest absolute Gasteiger partial charge is 0.291 e. The number of rotatable bonds is 3. The molecule has 0 atom stereocenters. The van der Waals surface area contributed by atoms with Crippen molar-refractivity contribution in [1.82, 2.24) is 14.2 Å². The number of aliphatic imine (C=N–C) groups is 1. The number of halogens is 1. The molecular weight excluding hydrogens is 324 g/mol. The predicted molar refractivity (Wildman–Crippen MR) is 88.5 cm³/mol. The van der Waals surface area contributed by atoms with E-state index in [4.69, 9.17) is 11.6 Å². The second kappa shape index (κ2) is 5.33. The first-order chi connectivity index (χ1) is 10.4. The van der Waals surface area contributed by atoms with Gasteiger partial charge in [0.25, 0.3) is 11.5 Å². The van der Waals surface area contributed by atoms with Gasteiger partial charge in [0.1, 0.15) is 17.9 Å². The van der Waals surface area contributed by atoms with E-state index in [1.54, 1.807) is 6.07 Å². The Bertz CT molecular complexity index is 967. The molecule has 0 aliphatic heterocycles. The Kier molecular flexibility index (Phi) is 3.62.